The van der Waals surface area contributed by atoms with Gasteiger partial charge < -0.3 is 0 Å². The van der Waals surface area contributed by atoms with E-state index in [1.54, 1.807) is 17.2 Å². The van der Waals surface area contributed by atoms with E-state index in [-0.39, 0.29) is 0 Å². The summed E-state index contributed by atoms with van der Waals surface area (Å²) >= 11 is 5.95. The van der Waals surface area contributed by atoms with E-state index in [1.165, 1.54) is 5.56 Å². The highest BCUT2D eigenvalue weighted by atomic mass is 35.5. The van der Waals surface area contributed by atoms with E-state index in [0.717, 1.165) is 12.0 Å². The molecule has 100 valence electrons. The summed E-state index contributed by atoms with van der Waals surface area (Å²) in [5, 5.41) is 13.1. The maximum Gasteiger partial charge on any atom is 0.204 e. The molecule has 0 bridgehead atoms. The van der Waals surface area contributed by atoms with Crippen molar-refractivity contribution in [2.45, 2.75) is 13.0 Å². The van der Waals surface area contributed by atoms with Crippen molar-refractivity contribution in [3.63, 3.8) is 0 Å². The van der Waals surface area contributed by atoms with E-state index in [4.69, 9.17) is 11.6 Å². The second-order valence-electron chi connectivity index (χ2n) is 4.32. The zero-order valence-electron chi connectivity index (χ0n) is 10.6. The summed E-state index contributed by atoms with van der Waals surface area (Å²) in [6.07, 6.45) is 4.40. The Morgan fingerprint density at radius 2 is 1.95 bits per heavy atom. The van der Waals surface area contributed by atoms with Gasteiger partial charge >= 0.3 is 0 Å². The van der Waals surface area contributed by atoms with Crippen LogP contribution < -0.4 is 0 Å². The molecule has 3 aromatic rings. The fraction of sp³-hybridized carbons (Fsp3) is 0.143. The van der Waals surface area contributed by atoms with Crippen molar-refractivity contribution in [3.8, 4) is 11.4 Å². The van der Waals surface area contributed by atoms with Gasteiger partial charge in [0, 0.05) is 23.0 Å². The minimum atomic E-state index is 0.585. The molecule has 1 aromatic carbocycles. The molecule has 20 heavy (non-hydrogen) atoms. The molecular weight excluding hydrogens is 274 g/mol. The van der Waals surface area contributed by atoms with Gasteiger partial charge in [-0.05, 0) is 41.5 Å². The topological polar surface area (TPSA) is 56.5 Å². The third-order valence-electron chi connectivity index (χ3n) is 2.89. The first-order valence-corrected chi connectivity index (χ1v) is 6.62. The Kier molecular flexibility index (Phi) is 3.69. The highest BCUT2D eigenvalue weighted by Gasteiger charge is 2.06. The lowest BCUT2D eigenvalue weighted by Gasteiger charge is -1.99. The average Bonchev–Trinajstić information content (AvgIpc) is 2.95. The number of hydrogen-bond donors (Lipinski definition) is 0. The van der Waals surface area contributed by atoms with Crippen LogP contribution >= 0.6 is 11.6 Å². The number of halogens is 1. The predicted octanol–water partition coefficient (Wildman–Crippen LogP) is 2.63. The van der Waals surface area contributed by atoms with E-state index in [1.807, 2.05) is 36.4 Å². The molecule has 0 amide bonds. The van der Waals surface area contributed by atoms with E-state index >= 15 is 0 Å². The van der Waals surface area contributed by atoms with Crippen LogP contribution in [0.3, 0.4) is 0 Å². The smallest absolute Gasteiger partial charge is 0.204 e. The molecule has 0 spiro atoms. The fourth-order valence-electron chi connectivity index (χ4n) is 1.86. The minimum absolute atomic E-state index is 0.585. The van der Waals surface area contributed by atoms with Gasteiger partial charge in [0.25, 0.3) is 0 Å². The van der Waals surface area contributed by atoms with Gasteiger partial charge in [0.05, 0.1) is 6.54 Å². The lowest BCUT2D eigenvalue weighted by molar-refractivity contribution is 0.522. The zero-order valence-corrected chi connectivity index (χ0v) is 11.4. The Labute approximate surface area is 121 Å². The molecule has 0 atom stereocenters. The summed E-state index contributed by atoms with van der Waals surface area (Å²) in [5.74, 6) is 0.585. The Morgan fingerprint density at radius 1 is 1.10 bits per heavy atom. The van der Waals surface area contributed by atoms with Gasteiger partial charge in [-0.2, -0.15) is 4.80 Å². The van der Waals surface area contributed by atoms with Gasteiger partial charge in [0.2, 0.25) is 5.82 Å². The van der Waals surface area contributed by atoms with Gasteiger partial charge in [-0.25, -0.2) is 0 Å². The van der Waals surface area contributed by atoms with Crippen LogP contribution in [0.25, 0.3) is 11.4 Å². The molecule has 5 nitrogen and oxygen atoms in total. The second kappa shape index (κ2) is 5.79. The van der Waals surface area contributed by atoms with Crippen molar-refractivity contribution in [1.82, 2.24) is 25.2 Å². The number of nitrogens with zero attached hydrogens (tertiary/aromatic N) is 5. The van der Waals surface area contributed by atoms with Crippen LogP contribution in [0.15, 0.2) is 48.8 Å². The molecular formula is C14H12ClN5. The molecule has 0 unspecified atom stereocenters. The second-order valence-corrected chi connectivity index (χ2v) is 4.76. The van der Waals surface area contributed by atoms with Gasteiger partial charge in [-0.3, -0.25) is 4.98 Å². The highest BCUT2D eigenvalue weighted by Crippen LogP contribution is 2.18. The zero-order chi connectivity index (χ0) is 13.8. The molecule has 2 aromatic heterocycles. The number of rotatable bonds is 4. The molecule has 2 heterocycles. The largest absolute Gasteiger partial charge is 0.265 e. The Hall–Kier alpha value is -2.27. The molecule has 0 aliphatic rings. The van der Waals surface area contributed by atoms with Gasteiger partial charge in [-0.15, -0.1) is 10.2 Å². The van der Waals surface area contributed by atoms with E-state index in [0.29, 0.717) is 17.4 Å². The minimum Gasteiger partial charge on any atom is -0.265 e. The van der Waals surface area contributed by atoms with E-state index in [2.05, 4.69) is 20.4 Å². The maximum absolute atomic E-state index is 5.95. The maximum atomic E-state index is 5.95. The fourth-order valence-corrected chi connectivity index (χ4v) is 2.05. The quantitative estimate of drug-likeness (QED) is 0.739. The SMILES string of the molecule is Clc1cccc(-c2nnn(CCc3ccncc3)n2)c1. The van der Waals surface area contributed by atoms with Crippen molar-refractivity contribution < 1.29 is 0 Å². The number of benzene rings is 1. The average molecular weight is 286 g/mol. The van der Waals surface area contributed by atoms with Crippen LogP contribution in [0.1, 0.15) is 5.56 Å². The number of aromatic nitrogens is 5. The van der Waals surface area contributed by atoms with Gasteiger partial charge in [0.15, 0.2) is 0 Å². The van der Waals surface area contributed by atoms with Crippen LogP contribution in [-0.2, 0) is 13.0 Å². The molecule has 0 fully saturated rings. The highest BCUT2D eigenvalue weighted by molar-refractivity contribution is 6.30. The van der Waals surface area contributed by atoms with Crippen LogP contribution in [0.5, 0.6) is 0 Å². The Bertz CT molecular complexity index is 696. The van der Waals surface area contributed by atoms with Crippen LogP contribution in [-0.4, -0.2) is 25.2 Å². The third-order valence-corrected chi connectivity index (χ3v) is 3.12. The van der Waals surface area contributed by atoms with Crippen molar-refractivity contribution >= 4 is 11.6 Å². The first kappa shape index (κ1) is 12.7. The number of hydrogen-bond acceptors (Lipinski definition) is 4. The Morgan fingerprint density at radius 3 is 2.75 bits per heavy atom. The van der Waals surface area contributed by atoms with E-state index < -0.39 is 0 Å². The molecule has 6 heteroatoms. The summed E-state index contributed by atoms with van der Waals surface area (Å²) in [6.45, 7) is 0.678. The van der Waals surface area contributed by atoms with Crippen molar-refractivity contribution in [2.75, 3.05) is 0 Å². The van der Waals surface area contributed by atoms with Gasteiger partial charge in [-0.1, -0.05) is 23.7 Å². The summed E-state index contributed by atoms with van der Waals surface area (Å²) in [6, 6.07) is 11.4. The Balaban J connectivity index is 1.71. The van der Waals surface area contributed by atoms with Gasteiger partial charge in [0.1, 0.15) is 0 Å². The molecule has 0 radical (unpaired) electrons. The summed E-state index contributed by atoms with van der Waals surface area (Å²) < 4.78 is 0. The molecule has 0 saturated carbocycles. The monoisotopic (exact) mass is 285 g/mol. The normalized spacial score (nSPS) is 10.7. The summed E-state index contributed by atoms with van der Waals surface area (Å²) in [5.41, 5.74) is 2.06. The summed E-state index contributed by atoms with van der Waals surface area (Å²) in [7, 11) is 0. The third kappa shape index (κ3) is 3.00. The number of tetrazole rings is 1. The molecule has 3 rings (SSSR count). The predicted molar refractivity (Wildman–Crippen MR) is 76.2 cm³/mol. The standard InChI is InChI=1S/C14H12ClN5/c15-13-3-1-2-12(10-13)14-17-19-20(18-14)9-6-11-4-7-16-8-5-11/h1-5,7-8,10H,6,9H2. The van der Waals surface area contributed by atoms with Crippen molar-refractivity contribution in [3.05, 3.63) is 59.4 Å². The van der Waals surface area contributed by atoms with Crippen molar-refractivity contribution in [2.24, 2.45) is 0 Å². The lowest BCUT2D eigenvalue weighted by atomic mass is 10.2. The summed E-state index contributed by atoms with van der Waals surface area (Å²) in [4.78, 5) is 5.58. The van der Waals surface area contributed by atoms with Crippen LogP contribution in [0, 0.1) is 0 Å². The number of aryl methyl sites for hydroxylation is 2. The number of pyridine rings is 1. The first-order chi connectivity index (χ1) is 9.81. The van der Waals surface area contributed by atoms with Crippen LogP contribution in [0.4, 0.5) is 0 Å². The molecule has 0 N–H and O–H groups in total. The van der Waals surface area contributed by atoms with Crippen LogP contribution in [0.2, 0.25) is 5.02 Å². The molecule has 0 aliphatic carbocycles. The first-order valence-electron chi connectivity index (χ1n) is 6.24. The molecule has 0 saturated heterocycles. The molecule has 0 aliphatic heterocycles. The van der Waals surface area contributed by atoms with E-state index in [9.17, 15) is 0 Å². The van der Waals surface area contributed by atoms with Crippen molar-refractivity contribution in [1.29, 1.82) is 0 Å². The lowest BCUT2D eigenvalue weighted by Crippen LogP contribution is -2.05.